The predicted octanol–water partition coefficient (Wildman–Crippen LogP) is 4.38. The molecule has 0 radical (unpaired) electrons. The Kier molecular flexibility index (Phi) is 6.76. The molecule has 0 saturated carbocycles. The predicted molar refractivity (Wildman–Crippen MR) is 76.4 cm³/mol. The first-order valence-corrected chi connectivity index (χ1v) is 8.99. The number of carbonyl (C=O) groups is 1. The largest absolute Gasteiger partial charge is 0.516 e. The molecule has 0 N–H and O–H groups in total. The van der Waals surface area contributed by atoms with Gasteiger partial charge in [0.05, 0.1) is 0 Å². The molecule has 0 aromatic heterocycles. The first kappa shape index (κ1) is 16.4. The highest BCUT2D eigenvalue weighted by Crippen LogP contribution is 2.36. The molecule has 0 rings (SSSR count). The fourth-order valence-electron chi connectivity index (χ4n) is 2.38. The van der Waals surface area contributed by atoms with Crippen molar-refractivity contribution in [3.8, 4) is 0 Å². The zero-order valence-electron chi connectivity index (χ0n) is 12.2. The number of hydrogen-bond acceptors (Lipinski definition) is 2. The van der Waals surface area contributed by atoms with E-state index >= 15 is 0 Å². The average molecular weight is 256 g/mol. The first-order chi connectivity index (χ1) is 7.73. The molecular formula is C14H28O2Si. The summed E-state index contributed by atoms with van der Waals surface area (Å²) >= 11 is 0. The van der Waals surface area contributed by atoms with Gasteiger partial charge in [0.25, 0.3) is 8.32 Å². The minimum Gasteiger partial charge on any atom is -0.516 e. The van der Waals surface area contributed by atoms with E-state index in [4.69, 9.17) is 4.43 Å². The zero-order chi connectivity index (χ0) is 13.6. The average Bonchev–Trinajstić information content (AvgIpc) is 2.14. The van der Waals surface area contributed by atoms with E-state index in [9.17, 15) is 4.79 Å². The maximum atomic E-state index is 11.6. The molecule has 0 unspecified atom stereocenters. The minimum atomic E-state index is -2.00. The second-order valence-electron chi connectivity index (χ2n) is 6.04. The van der Waals surface area contributed by atoms with Crippen molar-refractivity contribution in [2.24, 2.45) is 11.8 Å². The molecule has 0 aromatic carbocycles. The Bertz CT molecular complexity index is 247. The molecule has 0 amide bonds. The summed E-state index contributed by atoms with van der Waals surface area (Å²) in [6, 6.07) is 2.09. The van der Waals surface area contributed by atoms with Gasteiger partial charge in [0, 0.05) is 6.08 Å². The van der Waals surface area contributed by atoms with Gasteiger partial charge in [-0.2, -0.15) is 0 Å². The summed E-state index contributed by atoms with van der Waals surface area (Å²) in [5, 5.41) is 0. The SMILES string of the molecule is C=CC(=O)O[Si](CC(C)C)(CC(C)C)C(C)C. The van der Waals surface area contributed by atoms with Crippen LogP contribution in [0.25, 0.3) is 0 Å². The van der Waals surface area contributed by atoms with E-state index in [1.54, 1.807) is 0 Å². The molecule has 0 saturated heterocycles. The highest BCUT2D eigenvalue weighted by molar-refractivity contribution is 6.76. The molecule has 0 aliphatic rings. The van der Waals surface area contributed by atoms with Crippen molar-refractivity contribution >= 4 is 14.3 Å². The standard InChI is InChI=1S/C14H28O2Si/c1-8-14(15)16-17(13(6)7,9-11(2)3)10-12(4)5/h8,11-13H,1,9-10H2,2-7H3. The quantitative estimate of drug-likeness (QED) is 0.499. The van der Waals surface area contributed by atoms with Crippen molar-refractivity contribution in [3.63, 3.8) is 0 Å². The Morgan fingerprint density at radius 2 is 1.53 bits per heavy atom. The maximum Gasteiger partial charge on any atom is 0.316 e. The summed E-state index contributed by atoms with van der Waals surface area (Å²) in [7, 11) is -2.00. The maximum absolute atomic E-state index is 11.6. The summed E-state index contributed by atoms with van der Waals surface area (Å²) < 4.78 is 5.85. The van der Waals surface area contributed by atoms with Gasteiger partial charge in [0.15, 0.2) is 0 Å². The van der Waals surface area contributed by atoms with E-state index in [1.165, 1.54) is 6.08 Å². The monoisotopic (exact) mass is 256 g/mol. The second kappa shape index (κ2) is 6.99. The Hall–Kier alpha value is -0.573. The lowest BCUT2D eigenvalue weighted by Crippen LogP contribution is -2.45. The van der Waals surface area contributed by atoms with Gasteiger partial charge in [-0.25, -0.2) is 4.79 Å². The number of hydrogen-bond donors (Lipinski definition) is 0. The van der Waals surface area contributed by atoms with Crippen LogP contribution in [0.4, 0.5) is 0 Å². The van der Waals surface area contributed by atoms with Crippen molar-refractivity contribution in [2.45, 2.75) is 59.2 Å². The topological polar surface area (TPSA) is 26.3 Å². The fraction of sp³-hybridized carbons (Fsp3) is 0.786. The van der Waals surface area contributed by atoms with E-state index in [1.807, 2.05) is 0 Å². The molecule has 0 spiro atoms. The van der Waals surface area contributed by atoms with E-state index in [2.05, 4.69) is 48.1 Å². The van der Waals surface area contributed by atoms with Gasteiger partial charge >= 0.3 is 5.97 Å². The van der Waals surface area contributed by atoms with Gasteiger partial charge in [0.2, 0.25) is 0 Å². The van der Waals surface area contributed by atoms with Crippen molar-refractivity contribution in [1.29, 1.82) is 0 Å². The Morgan fingerprint density at radius 1 is 1.12 bits per heavy atom. The van der Waals surface area contributed by atoms with Crippen LogP contribution in [-0.2, 0) is 9.22 Å². The van der Waals surface area contributed by atoms with E-state index in [-0.39, 0.29) is 5.97 Å². The zero-order valence-corrected chi connectivity index (χ0v) is 13.2. The van der Waals surface area contributed by atoms with Crippen LogP contribution in [0.2, 0.25) is 17.6 Å². The summed E-state index contributed by atoms with van der Waals surface area (Å²) in [5.41, 5.74) is 0.455. The highest BCUT2D eigenvalue weighted by atomic mass is 28.4. The molecule has 17 heavy (non-hydrogen) atoms. The molecule has 0 atom stereocenters. The number of rotatable bonds is 7. The van der Waals surface area contributed by atoms with Crippen molar-refractivity contribution in [2.75, 3.05) is 0 Å². The molecular weight excluding hydrogens is 228 g/mol. The molecule has 100 valence electrons. The van der Waals surface area contributed by atoms with E-state index < -0.39 is 8.32 Å². The van der Waals surface area contributed by atoms with E-state index in [0.717, 1.165) is 12.1 Å². The molecule has 0 fully saturated rings. The molecule has 0 aromatic rings. The normalized spacial score (nSPS) is 12.3. The van der Waals surface area contributed by atoms with E-state index in [0.29, 0.717) is 17.4 Å². The van der Waals surface area contributed by atoms with Crippen molar-refractivity contribution in [3.05, 3.63) is 12.7 Å². The molecule has 0 aliphatic carbocycles. The van der Waals surface area contributed by atoms with Gasteiger partial charge < -0.3 is 4.43 Å². The van der Waals surface area contributed by atoms with Gasteiger partial charge in [-0.15, -0.1) is 0 Å². The van der Waals surface area contributed by atoms with Crippen LogP contribution in [0.5, 0.6) is 0 Å². The third kappa shape index (κ3) is 5.53. The summed E-state index contributed by atoms with van der Waals surface area (Å²) in [5.74, 6) is 0.896. The van der Waals surface area contributed by atoms with Gasteiger partial charge in [-0.05, 0) is 29.5 Å². The Balaban J connectivity index is 5.07. The van der Waals surface area contributed by atoms with Gasteiger partial charge in [-0.1, -0.05) is 48.1 Å². The van der Waals surface area contributed by atoms with Crippen molar-refractivity contribution < 1.29 is 9.22 Å². The first-order valence-electron chi connectivity index (χ1n) is 6.59. The van der Waals surface area contributed by atoms with Crippen LogP contribution in [0.3, 0.4) is 0 Å². The third-order valence-corrected chi connectivity index (χ3v) is 8.76. The van der Waals surface area contributed by atoms with Crippen molar-refractivity contribution in [1.82, 2.24) is 0 Å². The number of carbonyl (C=O) groups excluding carboxylic acids is 1. The smallest absolute Gasteiger partial charge is 0.316 e. The van der Waals surface area contributed by atoms with Crippen LogP contribution in [0.1, 0.15) is 41.5 Å². The minimum absolute atomic E-state index is 0.244. The van der Waals surface area contributed by atoms with Gasteiger partial charge in [0.1, 0.15) is 0 Å². The Labute approximate surface area is 108 Å². The van der Waals surface area contributed by atoms with Crippen LogP contribution >= 0.6 is 0 Å². The van der Waals surface area contributed by atoms with Crippen LogP contribution in [-0.4, -0.2) is 14.3 Å². The summed E-state index contributed by atoms with van der Waals surface area (Å²) in [6.07, 6.45) is 1.30. The van der Waals surface area contributed by atoms with Crippen LogP contribution < -0.4 is 0 Å². The van der Waals surface area contributed by atoms with Crippen LogP contribution in [0.15, 0.2) is 12.7 Å². The second-order valence-corrected chi connectivity index (χ2v) is 10.3. The molecule has 0 bridgehead atoms. The van der Waals surface area contributed by atoms with Crippen LogP contribution in [0, 0.1) is 11.8 Å². The third-order valence-electron chi connectivity index (χ3n) is 3.03. The fourth-order valence-corrected chi connectivity index (χ4v) is 7.14. The highest BCUT2D eigenvalue weighted by Gasteiger charge is 2.42. The van der Waals surface area contributed by atoms with Gasteiger partial charge in [-0.3, -0.25) is 0 Å². The molecule has 0 heterocycles. The molecule has 0 aliphatic heterocycles. The lowest BCUT2D eigenvalue weighted by molar-refractivity contribution is -0.130. The molecule has 2 nitrogen and oxygen atoms in total. The molecule has 3 heteroatoms. The lowest BCUT2D eigenvalue weighted by atomic mass is 10.3. The Morgan fingerprint density at radius 3 is 1.76 bits per heavy atom. The summed E-state index contributed by atoms with van der Waals surface area (Å²) in [6.45, 7) is 16.7. The lowest BCUT2D eigenvalue weighted by Gasteiger charge is -2.36. The summed E-state index contributed by atoms with van der Waals surface area (Å²) in [4.78, 5) is 11.6.